The van der Waals surface area contributed by atoms with Gasteiger partial charge in [0.15, 0.2) is 0 Å². The lowest BCUT2D eigenvalue weighted by Gasteiger charge is -2.19. The minimum absolute atomic E-state index is 0.376. The zero-order valence-electron chi connectivity index (χ0n) is 7.14. The van der Waals surface area contributed by atoms with Crippen LogP contribution in [0.3, 0.4) is 0 Å². The van der Waals surface area contributed by atoms with E-state index in [-0.39, 0.29) is 9.04 Å². The van der Waals surface area contributed by atoms with E-state index < -0.39 is 0 Å². The molecule has 0 aromatic rings. The molecule has 1 aliphatic heterocycles. The van der Waals surface area contributed by atoms with Gasteiger partial charge in [0, 0.05) is 6.61 Å². The summed E-state index contributed by atoms with van der Waals surface area (Å²) in [5, 5.41) is 0. The summed E-state index contributed by atoms with van der Waals surface area (Å²) < 4.78 is 5.69. The van der Waals surface area contributed by atoms with Crippen LogP contribution in [0.15, 0.2) is 0 Å². The van der Waals surface area contributed by atoms with Crippen molar-refractivity contribution in [2.45, 2.75) is 37.8 Å². The Morgan fingerprint density at radius 2 is 2.18 bits per heavy atom. The number of unbranched alkanes of at least 4 members (excludes halogenated alkanes) is 1. The third-order valence-corrected chi connectivity index (χ3v) is 4.50. The summed E-state index contributed by atoms with van der Waals surface area (Å²) in [7, 11) is -0.376. The highest BCUT2D eigenvalue weighted by atomic mass is 28.3. The molecular weight excluding hydrogens is 154 g/mol. The maximum absolute atomic E-state index is 5.69. The first-order valence-corrected chi connectivity index (χ1v) is 6.43. The highest BCUT2D eigenvalue weighted by molar-refractivity contribution is 6.51. The van der Waals surface area contributed by atoms with Gasteiger partial charge < -0.3 is 10.2 Å². The monoisotopic (exact) mass is 172 g/mol. The van der Waals surface area contributed by atoms with Gasteiger partial charge in [-0.2, -0.15) is 0 Å². The molecular formula is C8H18NOSi. The Balaban J connectivity index is 1.96. The molecule has 1 rings (SSSR count). The fourth-order valence-corrected chi connectivity index (χ4v) is 3.64. The molecule has 1 aliphatic rings. The molecule has 1 saturated heterocycles. The van der Waals surface area contributed by atoms with E-state index in [1.807, 2.05) is 0 Å². The fraction of sp³-hybridized carbons (Fsp3) is 1.00. The van der Waals surface area contributed by atoms with Gasteiger partial charge in [0.2, 0.25) is 9.04 Å². The first-order chi connectivity index (χ1) is 5.43. The molecule has 2 N–H and O–H groups in total. The summed E-state index contributed by atoms with van der Waals surface area (Å²) in [5.41, 5.74) is 5.41. The van der Waals surface area contributed by atoms with Gasteiger partial charge in [0.05, 0.1) is 0 Å². The average Bonchev–Trinajstić information content (AvgIpc) is 2.07. The average molecular weight is 172 g/mol. The van der Waals surface area contributed by atoms with Crippen LogP contribution in [0.5, 0.6) is 0 Å². The van der Waals surface area contributed by atoms with Crippen LogP contribution < -0.4 is 5.73 Å². The summed E-state index contributed by atoms with van der Waals surface area (Å²) in [6, 6.07) is 2.69. The molecule has 3 heteroatoms. The van der Waals surface area contributed by atoms with E-state index in [1.54, 1.807) is 0 Å². The van der Waals surface area contributed by atoms with Crippen molar-refractivity contribution >= 4 is 9.04 Å². The van der Waals surface area contributed by atoms with Gasteiger partial charge in [-0.15, -0.1) is 0 Å². The molecule has 0 atom stereocenters. The molecule has 1 fully saturated rings. The van der Waals surface area contributed by atoms with Gasteiger partial charge in [-0.25, -0.2) is 0 Å². The van der Waals surface area contributed by atoms with Crippen LogP contribution in [0.1, 0.15) is 25.7 Å². The first kappa shape index (κ1) is 9.23. The smallest absolute Gasteiger partial charge is 0.211 e. The van der Waals surface area contributed by atoms with Crippen molar-refractivity contribution in [1.82, 2.24) is 0 Å². The molecule has 0 spiro atoms. The maximum Gasteiger partial charge on any atom is 0.211 e. The molecule has 0 amide bonds. The van der Waals surface area contributed by atoms with E-state index in [1.165, 1.54) is 37.8 Å². The van der Waals surface area contributed by atoms with Crippen LogP contribution in [0, 0.1) is 0 Å². The number of hydrogen-bond donors (Lipinski definition) is 1. The van der Waals surface area contributed by atoms with Crippen LogP contribution >= 0.6 is 0 Å². The summed E-state index contributed by atoms with van der Waals surface area (Å²) in [6.07, 6.45) is 5.14. The van der Waals surface area contributed by atoms with Gasteiger partial charge in [-0.3, -0.25) is 0 Å². The van der Waals surface area contributed by atoms with Crippen molar-refractivity contribution in [3.63, 3.8) is 0 Å². The van der Waals surface area contributed by atoms with Gasteiger partial charge in [-0.1, -0.05) is 12.8 Å². The molecule has 2 nitrogen and oxygen atoms in total. The second-order valence-electron chi connectivity index (χ2n) is 3.09. The Morgan fingerprint density at radius 3 is 2.82 bits per heavy atom. The van der Waals surface area contributed by atoms with Gasteiger partial charge in [-0.05, 0) is 31.5 Å². The van der Waals surface area contributed by atoms with E-state index in [9.17, 15) is 0 Å². The van der Waals surface area contributed by atoms with Gasteiger partial charge in [0.1, 0.15) is 0 Å². The molecule has 11 heavy (non-hydrogen) atoms. The molecule has 0 aromatic heterocycles. The van der Waals surface area contributed by atoms with Crippen molar-refractivity contribution < 1.29 is 4.43 Å². The summed E-state index contributed by atoms with van der Waals surface area (Å²) in [4.78, 5) is 0. The fourth-order valence-electron chi connectivity index (χ4n) is 1.38. The lowest BCUT2D eigenvalue weighted by Crippen LogP contribution is -2.22. The maximum atomic E-state index is 5.69. The lowest BCUT2D eigenvalue weighted by atomic mass is 10.3. The minimum atomic E-state index is -0.376. The third-order valence-electron chi connectivity index (χ3n) is 2.07. The molecule has 0 aromatic carbocycles. The van der Waals surface area contributed by atoms with E-state index >= 15 is 0 Å². The summed E-state index contributed by atoms with van der Waals surface area (Å²) in [5.74, 6) is 0. The SMILES string of the molecule is NCCCC[Si]1CCCCO1. The Kier molecular flexibility index (Phi) is 4.82. The highest BCUT2D eigenvalue weighted by Crippen LogP contribution is 2.15. The Bertz CT molecular complexity index is 94.1. The predicted molar refractivity (Wildman–Crippen MR) is 48.8 cm³/mol. The predicted octanol–water partition coefficient (Wildman–Crippen LogP) is 1.53. The van der Waals surface area contributed by atoms with Crippen molar-refractivity contribution in [3.8, 4) is 0 Å². The van der Waals surface area contributed by atoms with Crippen LogP contribution in [0.25, 0.3) is 0 Å². The number of hydrogen-bond acceptors (Lipinski definition) is 2. The zero-order valence-corrected chi connectivity index (χ0v) is 8.14. The molecule has 65 valence electrons. The minimum Gasteiger partial charge on any atom is -0.417 e. The van der Waals surface area contributed by atoms with Gasteiger partial charge in [0.25, 0.3) is 0 Å². The van der Waals surface area contributed by atoms with Crippen molar-refractivity contribution in [3.05, 3.63) is 0 Å². The van der Waals surface area contributed by atoms with Crippen molar-refractivity contribution in [1.29, 1.82) is 0 Å². The summed E-state index contributed by atoms with van der Waals surface area (Å²) >= 11 is 0. The first-order valence-electron chi connectivity index (χ1n) is 4.61. The lowest BCUT2D eigenvalue weighted by molar-refractivity contribution is 0.286. The molecule has 0 saturated carbocycles. The van der Waals surface area contributed by atoms with Crippen LogP contribution in [-0.2, 0) is 4.43 Å². The Hall–Kier alpha value is 0.137. The van der Waals surface area contributed by atoms with E-state index in [0.717, 1.165) is 13.2 Å². The van der Waals surface area contributed by atoms with Crippen molar-refractivity contribution in [2.75, 3.05) is 13.2 Å². The van der Waals surface area contributed by atoms with Crippen molar-refractivity contribution in [2.24, 2.45) is 5.73 Å². The number of rotatable bonds is 4. The van der Waals surface area contributed by atoms with Gasteiger partial charge >= 0.3 is 0 Å². The molecule has 0 aliphatic carbocycles. The Labute approximate surface area is 70.8 Å². The standard InChI is InChI=1S/C8H18NOSi/c9-5-1-3-7-11-8-4-2-6-10-11/h1-9H2. The third kappa shape index (κ3) is 3.89. The van der Waals surface area contributed by atoms with E-state index in [2.05, 4.69) is 0 Å². The molecule has 0 bridgehead atoms. The summed E-state index contributed by atoms with van der Waals surface area (Å²) in [6.45, 7) is 1.87. The van der Waals surface area contributed by atoms with E-state index in [0.29, 0.717) is 0 Å². The topological polar surface area (TPSA) is 35.2 Å². The second kappa shape index (κ2) is 5.74. The van der Waals surface area contributed by atoms with Crippen LogP contribution in [0.2, 0.25) is 12.1 Å². The molecule has 1 radical (unpaired) electrons. The zero-order chi connectivity index (χ0) is 7.94. The quantitative estimate of drug-likeness (QED) is 0.515. The second-order valence-corrected chi connectivity index (χ2v) is 5.46. The van der Waals surface area contributed by atoms with E-state index in [4.69, 9.17) is 10.2 Å². The normalized spacial score (nSPS) is 20.5. The van der Waals surface area contributed by atoms with Crippen LogP contribution in [0.4, 0.5) is 0 Å². The largest absolute Gasteiger partial charge is 0.417 e. The molecule has 1 heterocycles. The number of nitrogens with two attached hydrogens (primary N) is 1. The van der Waals surface area contributed by atoms with Crippen LogP contribution in [-0.4, -0.2) is 22.2 Å². The Morgan fingerprint density at radius 1 is 1.27 bits per heavy atom. The molecule has 0 unspecified atom stereocenters. The highest BCUT2D eigenvalue weighted by Gasteiger charge is 2.15.